The maximum absolute atomic E-state index is 10.0. The number of carboxylic acid groups (broad SMARTS) is 1. The van der Waals surface area contributed by atoms with Gasteiger partial charge < -0.3 is 14.6 Å². The third kappa shape index (κ3) is 4.23. The third-order valence-electron chi connectivity index (χ3n) is 1.18. The zero-order valence-corrected chi connectivity index (χ0v) is 7.88. The van der Waals surface area contributed by atoms with Gasteiger partial charge in [-0.05, 0) is 12.1 Å². The van der Waals surface area contributed by atoms with E-state index in [1.165, 1.54) is 0 Å². The van der Waals surface area contributed by atoms with Crippen molar-refractivity contribution in [1.82, 2.24) is 0 Å². The van der Waals surface area contributed by atoms with Crippen molar-refractivity contribution in [2.45, 2.75) is 0 Å². The van der Waals surface area contributed by atoms with Crippen LogP contribution in [-0.4, -0.2) is 12.6 Å². The predicted octanol–water partition coefficient (Wildman–Crippen LogP) is -2.53. The summed E-state index contributed by atoms with van der Waals surface area (Å²) in [4.78, 5) is 10.0. The van der Waals surface area contributed by atoms with Crippen molar-refractivity contribution in [1.29, 1.82) is 0 Å². The summed E-state index contributed by atoms with van der Waals surface area (Å²) in [6.45, 7) is -0.482. The molecule has 0 bridgehead atoms. The molecule has 0 saturated heterocycles. The molecule has 0 fully saturated rings. The molecule has 0 aliphatic rings. The SMILES string of the molecule is O=C([O-])COc1ccccc1Cl.[Li+]. The van der Waals surface area contributed by atoms with Gasteiger partial charge in [0, 0.05) is 0 Å². The van der Waals surface area contributed by atoms with Gasteiger partial charge in [-0.3, -0.25) is 0 Å². The van der Waals surface area contributed by atoms with E-state index in [-0.39, 0.29) is 18.9 Å². The molecule has 13 heavy (non-hydrogen) atoms. The Morgan fingerprint density at radius 2 is 2.08 bits per heavy atom. The second-order valence-corrected chi connectivity index (χ2v) is 2.50. The number of benzene rings is 1. The smallest absolute Gasteiger partial charge is 0.546 e. The number of carbonyl (C=O) groups is 1. The summed E-state index contributed by atoms with van der Waals surface area (Å²) >= 11 is 5.67. The molecule has 0 aromatic heterocycles. The number of carboxylic acids is 1. The molecule has 3 nitrogen and oxygen atoms in total. The number of aliphatic carboxylic acids is 1. The van der Waals surface area contributed by atoms with Crippen LogP contribution in [0.25, 0.3) is 0 Å². The minimum atomic E-state index is -1.27. The van der Waals surface area contributed by atoms with E-state index in [9.17, 15) is 9.90 Å². The number of halogens is 1. The number of hydrogen-bond acceptors (Lipinski definition) is 3. The van der Waals surface area contributed by atoms with Gasteiger partial charge in [0.25, 0.3) is 0 Å². The first-order chi connectivity index (χ1) is 5.70. The van der Waals surface area contributed by atoms with Crippen molar-refractivity contribution in [2.24, 2.45) is 0 Å². The minimum Gasteiger partial charge on any atom is -0.546 e. The molecule has 0 saturated carbocycles. The van der Waals surface area contributed by atoms with Crippen LogP contribution in [0.15, 0.2) is 24.3 Å². The maximum Gasteiger partial charge on any atom is 1.00 e. The Labute approximate surface area is 92.8 Å². The van der Waals surface area contributed by atoms with Gasteiger partial charge in [0.05, 0.1) is 11.0 Å². The molecule has 1 rings (SSSR count). The van der Waals surface area contributed by atoms with Crippen molar-refractivity contribution >= 4 is 17.6 Å². The summed E-state index contributed by atoms with van der Waals surface area (Å²) in [5, 5.41) is 10.4. The monoisotopic (exact) mass is 192 g/mol. The fraction of sp³-hybridized carbons (Fsp3) is 0.125. The number of rotatable bonds is 3. The molecule has 0 radical (unpaired) electrons. The van der Waals surface area contributed by atoms with Crippen molar-refractivity contribution in [3.63, 3.8) is 0 Å². The van der Waals surface area contributed by atoms with Gasteiger partial charge in [0.15, 0.2) is 0 Å². The fourth-order valence-electron chi connectivity index (χ4n) is 0.698. The molecule has 5 heteroatoms. The zero-order valence-electron chi connectivity index (χ0n) is 7.12. The summed E-state index contributed by atoms with van der Waals surface area (Å²) in [7, 11) is 0. The van der Waals surface area contributed by atoms with Crippen LogP contribution in [0.2, 0.25) is 5.02 Å². The van der Waals surface area contributed by atoms with Crippen LogP contribution >= 0.6 is 11.6 Å². The van der Waals surface area contributed by atoms with Gasteiger partial charge in [-0.1, -0.05) is 23.7 Å². The van der Waals surface area contributed by atoms with Crippen LogP contribution in [-0.2, 0) is 4.79 Å². The Bertz CT molecular complexity index is 290. The van der Waals surface area contributed by atoms with Crippen molar-refractivity contribution in [3.8, 4) is 5.75 Å². The first-order valence-corrected chi connectivity index (χ1v) is 3.65. The molecule has 0 aliphatic carbocycles. The predicted molar refractivity (Wildman–Crippen MR) is 42.0 cm³/mol. The summed E-state index contributed by atoms with van der Waals surface area (Å²) in [5.41, 5.74) is 0. The molecule has 0 aliphatic heterocycles. The largest absolute Gasteiger partial charge is 1.00 e. The summed E-state index contributed by atoms with van der Waals surface area (Å²) in [6.07, 6.45) is 0. The number of hydrogen-bond donors (Lipinski definition) is 0. The van der Waals surface area contributed by atoms with E-state index >= 15 is 0 Å². The maximum atomic E-state index is 10.0. The van der Waals surface area contributed by atoms with Gasteiger partial charge in [-0.25, -0.2) is 0 Å². The van der Waals surface area contributed by atoms with Crippen LogP contribution in [0, 0.1) is 0 Å². The zero-order chi connectivity index (χ0) is 8.97. The van der Waals surface area contributed by atoms with Crippen LogP contribution in [0.1, 0.15) is 0 Å². The summed E-state index contributed by atoms with van der Waals surface area (Å²) in [5.74, 6) is -0.918. The molecule has 64 valence electrons. The first kappa shape index (κ1) is 12.4. The summed E-state index contributed by atoms with van der Waals surface area (Å²) in [6, 6.07) is 6.64. The quantitative estimate of drug-likeness (QED) is 0.497. The fourth-order valence-corrected chi connectivity index (χ4v) is 0.889. The molecule has 0 spiro atoms. The molecule has 0 N–H and O–H groups in total. The van der Waals surface area contributed by atoms with E-state index in [0.29, 0.717) is 10.8 Å². The number of para-hydroxylation sites is 1. The summed E-state index contributed by atoms with van der Waals surface area (Å²) < 4.78 is 4.80. The minimum absolute atomic E-state index is 0. The van der Waals surface area contributed by atoms with Crippen molar-refractivity contribution in [3.05, 3.63) is 29.3 Å². The second-order valence-electron chi connectivity index (χ2n) is 2.09. The Balaban J connectivity index is 0.00000144. The van der Waals surface area contributed by atoms with E-state index in [0.717, 1.165) is 0 Å². The molecule has 0 heterocycles. The normalized spacial score (nSPS) is 8.69. The average Bonchev–Trinajstić information content (AvgIpc) is 2.03. The van der Waals surface area contributed by atoms with Crippen LogP contribution in [0.4, 0.5) is 0 Å². The van der Waals surface area contributed by atoms with E-state index in [1.54, 1.807) is 24.3 Å². The van der Waals surface area contributed by atoms with Crippen molar-refractivity contribution in [2.75, 3.05) is 6.61 Å². The van der Waals surface area contributed by atoms with E-state index < -0.39 is 12.6 Å². The van der Waals surface area contributed by atoms with E-state index in [2.05, 4.69) is 0 Å². The van der Waals surface area contributed by atoms with Gasteiger partial charge in [0.1, 0.15) is 12.4 Å². The van der Waals surface area contributed by atoms with E-state index in [4.69, 9.17) is 16.3 Å². The Kier molecular flexibility index (Phi) is 5.64. The number of ether oxygens (including phenoxy) is 1. The molecule has 0 atom stereocenters. The Hall–Kier alpha value is -0.623. The molecule has 1 aromatic carbocycles. The van der Waals surface area contributed by atoms with Gasteiger partial charge in [0.2, 0.25) is 0 Å². The topological polar surface area (TPSA) is 49.4 Å². The van der Waals surface area contributed by atoms with Crippen LogP contribution in [0.3, 0.4) is 0 Å². The average molecular weight is 193 g/mol. The first-order valence-electron chi connectivity index (χ1n) is 3.27. The third-order valence-corrected chi connectivity index (χ3v) is 1.49. The van der Waals surface area contributed by atoms with Gasteiger partial charge >= 0.3 is 18.9 Å². The van der Waals surface area contributed by atoms with Gasteiger partial charge in [-0.15, -0.1) is 0 Å². The van der Waals surface area contributed by atoms with Crippen LogP contribution in [0.5, 0.6) is 5.75 Å². The Morgan fingerprint density at radius 3 is 2.62 bits per heavy atom. The standard InChI is InChI=1S/C8H7ClO3.Li/c9-6-3-1-2-4-7(6)12-5-8(10)11;/h1-4H,5H2,(H,10,11);/q;+1/p-1. The van der Waals surface area contributed by atoms with Crippen molar-refractivity contribution < 1.29 is 33.5 Å². The number of carbonyl (C=O) groups excluding carboxylic acids is 1. The molecular weight excluding hydrogens is 186 g/mol. The Morgan fingerprint density at radius 1 is 1.46 bits per heavy atom. The van der Waals surface area contributed by atoms with E-state index in [1.807, 2.05) is 0 Å². The van der Waals surface area contributed by atoms with Gasteiger partial charge in [-0.2, -0.15) is 0 Å². The molecule has 0 unspecified atom stereocenters. The molecule has 1 aromatic rings. The second kappa shape index (κ2) is 5.93. The van der Waals surface area contributed by atoms with Crippen LogP contribution < -0.4 is 28.7 Å². The molecular formula is C8H6ClLiO3. The molecule has 0 amide bonds.